The molecule has 6 rings (SSSR count). The molecule has 0 fully saturated rings. The topological polar surface area (TPSA) is 58.4 Å². The van der Waals surface area contributed by atoms with Crippen LogP contribution in [-0.4, -0.2) is 56.1 Å². The lowest BCUT2D eigenvalue weighted by atomic mass is 9.94. The number of benzene rings is 4. The predicted molar refractivity (Wildman–Crippen MR) is 178 cm³/mol. The van der Waals surface area contributed by atoms with Crippen molar-refractivity contribution >= 4 is 11.6 Å². The van der Waals surface area contributed by atoms with Crippen molar-refractivity contribution in [3.8, 4) is 0 Å². The van der Waals surface area contributed by atoms with Crippen LogP contribution in [-0.2, 0) is 33.9 Å². The largest absolute Gasteiger partial charge is 0.367 e. The fraction of sp³-hybridized carbons (Fsp3) is 0.316. The number of carbonyl (C=O) groups is 1. The number of nitrogens with one attached hydrogen (secondary N) is 1. The van der Waals surface area contributed by atoms with E-state index in [4.69, 9.17) is 16.0 Å². The second-order valence-electron chi connectivity index (χ2n) is 11.7. The molecular weight excluding hydrogens is 560 g/mol. The summed E-state index contributed by atoms with van der Waals surface area (Å²) >= 11 is 0. The maximum atomic E-state index is 11.2. The zero-order chi connectivity index (χ0) is 31.6. The molecule has 2 aliphatic heterocycles. The van der Waals surface area contributed by atoms with Crippen LogP contribution >= 0.6 is 0 Å². The highest BCUT2D eigenvalue weighted by Gasteiger charge is 2.23. The van der Waals surface area contributed by atoms with Crippen molar-refractivity contribution < 1.29 is 14.3 Å². The Balaban J connectivity index is 0.000000179. The van der Waals surface area contributed by atoms with E-state index in [1.807, 2.05) is 42.5 Å². The first kappa shape index (κ1) is 32.1. The zero-order valence-corrected chi connectivity index (χ0v) is 26.4. The molecule has 2 atom stereocenters. The molecule has 0 radical (unpaired) electrons. The van der Waals surface area contributed by atoms with Gasteiger partial charge in [0, 0.05) is 39.6 Å². The Morgan fingerprint density at radius 2 is 1.29 bits per heavy atom. The molecule has 2 heterocycles. The molecule has 0 saturated carbocycles. The summed E-state index contributed by atoms with van der Waals surface area (Å²) in [4.78, 5) is 19.2. The molecule has 0 aromatic heterocycles. The van der Waals surface area contributed by atoms with E-state index in [1.165, 1.54) is 33.4 Å². The summed E-state index contributed by atoms with van der Waals surface area (Å²) in [6, 6.07) is 33.0. The molecule has 4 aromatic carbocycles. The zero-order valence-electron chi connectivity index (χ0n) is 26.4. The molecular formula is C38H42N4O3. The average Bonchev–Trinajstić information content (AvgIpc) is 3.04. The van der Waals surface area contributed by atoms with E-state index >= 15 is 0 Å². The Labute approximate surface area is 267 Å². The molecule has 4 aromatic rings. The molecule has 232 valence electrons. The first-order valence-corrected chi connectivity index (χ1v) is 15.5. The van der Waals surface area contributed by atoms with Gasteiger partial charge in [0.05, 0.1) is 19.8 Å². The van der Waals surface area contributed by atoms with Crippen LogP contribution < -0.4 is 5.32 Å². The summed E-state index contributed by atoms with van der Waals surface area (Å²) < 4.78 is 12.3. The second-order valence-corrected chi connectivity index (χ2v) is 11.7. The van der Waals surface area contributed by atoms with Gasteiger partial charge < -0.3 is 14.8 Å². The van der Waals surface area contributed by atoms with Crippen LogP contribution in [0.3, 0.4) is 0 Å². The monoisotopic (exact) mass is 602 g/mol. The van der Waals surface area contributed by atoms with Gasteiger partial charge in [-0.25, -0.2) is 4.85 Å². The number of rotatable bonds is 4. The van der Waals surface area contributed by atoms with Crippen LogP contribution in [0.1, 0.15) is 58.1 Å². The summed E-state index contributed by atoms with van der Waals surface area (Å²) in [6.07, 6.45) is -0.0839. The van der Waals surface area contributed by atoms with E-state index in [1.54, 1.807) is 6.92 Å². The van der Waals surface area contributed by atoms with Gasteiger partial charge in [0.15, 0.2) is 5.69 Å². The third kappa shape index (κ3) is 8.65. The van der Waals surface area contributed by atoms with E-state index in [0.29, 0.717) is 25.4 Å². The minimum Gasteiger partial charge on any atom is -0.367 e. The number of hydrogen-bond donors (Lipinski definition) is 1. The van der Waals surface area contributed by atoms with E-state index in [-0.39, 0.29) is 18.1 Å². The fourth-order valence-electron chi connectivity index (χ4n) is 5.82. The lowest BCUT2D eigenvalue weighted by Gasteiger charge is -2.29. The van der Waals surface area contributed by atoms with Crippen molar-refractivity contribution in [2.24, 2.45) is 0 Å². The molecule has 45 heavy (non-hydrogen) atoms. The highest BCUT2D eigenvalue weighted by Crippen LogP contribution is 2.33. The van der Waals surface area contributed by atoms with Gasteiger partial charge in [-0.2, -0.15) is 0 Å². The van der Waals surface area contributed by atoms with Crippen LogP contribution in [0.15, 0.2) is 97.1 Å². The van der Waals surface area contributed by atoms with Gasteiger partial charge in [-0.15, -0.1) is 0 Å². The van der Waals surface area contributed by atoms with Gasteiger partial charge in [-0.3, -0.25) is 14.6 Å². The van der Waals surface area contributed by atoms with Gasteiger partial charge in [0.25, 0.3) is 0 Å². The van der Waals surface area contributed by atoms with Crippen molar-refractivity contribution in [3.63, 3.8) is 0 Å². The molecule has 2 unspecified atom stereocenters. The van der Waals surface area contributed by atoms with E-state index in [0.717, 1.165) is 31.7 Å². The fourth-order valence-corrected chi connectivity index (χ4v) is 5.82. The van der Waals surface area contributed by atoms with Crippen molar-refractivity contribution in [1.29, 1.82) is 0 Å². The molecule has 0 bridgehead atoms. The highest BCUT2D eigenvalue weighted by molar-refractivity contribution is 5.72. The Bertz CT molecular complexity index is 1600. The molecule has 0 saturated heterocycles. The Morgan fingerprint density at radius 3 is 1.80 bits per heavy atom. The van der Waals surface area contributed by atoms with Gasteiger partial charge in [0.1, 0.15) is 12.2 Å². The molecule has 2 aliphatic rings. The van der Waals surface area contributed by atoms with Gasteiger partial charge >= 0.3 is 0 Å². The third-order valence-corrected chi connectivity index (χ3v) is 8.17. The molecule has 0 aliphatic carbocycles. The molecule has 0 spiro atoms. The lowest BCUT2D eigenvalue weighted by molar-refractivity contribution is -0.119. The first-order chi connectivity index (χ1) is 21.9. The van der Waals surface area contributed by atoms with E-state index < -0.39 is 0 Å². The Morgan fingerprint density at radius 1 is 0.778 bits per heavy atom. The number of ether oxygens (including phenoxy) is 2. The molecule has 7 nitrogen and oxygen atoms in total. The number of amides is 1. The summed E-state index contributed by atoms with van der Waals surface area (Å²) in [5, 5.41) is 2.87. The SMILES string of the molecule is CC(=O)NCc1ccc2c(c1)CN(C)CCOC2c1ccccc1.[C-]#[N+]c1ccc2c(c1)CN(C)CCOC2c1ccccc1. The lowest BCUT2D eigenvalue weighted by Crippen LogP contribution is -2.28. The molecule has 1 N–H and O–H groups in total. The first-order valence-electron chi connectivity index (χ1n) is 15.5. The quantitative estimate of drug-likeness (QED) is 0.265. The van der Waals surface area contributed by atoms with Crippen molar-refractivity contribution in [2.75, 3.05) is 40.4 Å². The standard InChI is InChI=1S/C20H24N2O2.C18H18N2O/c1-15(23)21-13-16-8-9-19-18(12-16)14-22(2)10-11-24-20(19)17-6-4-3-5-7-17;1-19-16-8-9-17-15(12-16)13-20(2)10-11-21-18(17)14-6-4-3-5-7-14/h3-9,12,20H,10-11,13-14H2,1-2H3,(H,21,23);3-9,12,18H,10-11,13H2,2H3. The van der Waals surface area contributed by atoms with Crippen LogP contribution in [0, 0.1) is 6.57 Å². The third-order valence-electron chi connectivity index (χ3n) is 8.17. The number of likely N-dealkylation sites (N-methyl/N-ethyl adjacent to an activating group) is 2. The van der Waals surface area contributed by atoms with Gasteiger partial charge in [0.2, 0.25) is 5.91 Å². The summed E-state index contributed by atoms with van der Waals surface area (Å²) in [7, 11) is 4.19. The summed E-state index contributed by atoms with van der Waals surface area (Å²) in [6.45, 7) is 14.3. The van der Waals surface area contributed by atoms with Gasteiger partial charge in [-0.05, 0) is 53.0 Å². The van der Waals surface area contributed by atoms with Crippen molar-refractivity contribution in [1.82, 2.24) is 15.1 Å². The van der Waals surface area contributed by atoms with E-state index in [2.05, 4.69) is 88.7 Å². The van der Waals surface area contributed by atoms with Crippen LogP contribution in [0.5, 0.6) is 0 Å². The molecule has 7 heteroatoms. The number of nitrogens with zero attached hydrogens (tertiary/aromatic N) is 3. The van der Waals surface area contributed by atoms with Crippen LogP contribution in [0.4, 0.5) is 5.69 Å². The minimum absolute atomic E-state index is 0.00986. The van der Waals surface area contributed by atoms with Crippen LogP contribution in [0.2, 0.25) is 0 Å². The normalized spacial score (nSPS) is 18.7. The maximum Gasteiger partial charge on any atom is 0.217 e. The molecule has 1 amide bonds. The smallest absolute Gasteiger partial charge is 0.217 e. The van der Waals surface area contributed by atoms with Crippen molar-refractivity contribution in [2.45, 2.75) is 38.8 Å². The Hall–Kier alpha value is -4.32. The maximum absolute atomic E-state index is 11.2. The van der Waals surface area contributed by atoms with Crippen molar-refractivity contribution in [3.05, 3.63) is 147 Å². The summed E-state index contributed by atoms with van der Waals surface area (Å²) in [5.74, 6) is -0.00986. The predicted octanol–water partition coefficient (Wildman–Crippen LogP) is 6.66. The van der Waals surface area contributed by atoms with Gasteiger partial charge in [-0.1, -0.05) is 97.1 Å². The highest BCUT2D eigenvalue weighted by atomic mass is 16.5. The Kier molecular flexibility index (Phi) is 11.1. The minimum atomic E-state index is -0.0466. The number of fused-ring (bicyclic) bond motifs is 2. The number of carbonyl (C=O) groups excluding carboxylic acids is 1. The van der Waals surface area contributed by atoms with Crippen LogP contribution in [0.25, 0.3) is 4.85 Å². The number of hydrogen-bond acceptors (Lipinski definition) is 5. The average molecular weight is 603 g/mol. The second kappa shape index (κ2) is 15.6. The summed E-state index contributed by atoms with van der Waals surface area (Å²) in [5.41, 5.74) is 8.96. The van der Waals surface area contributed by atoms with E-state index in [9.17, 15) is 4.79 Å².